The molecular weight excluding hydrogens is 226 g/mol. The summed E-state index contributed by atoms with van der Waals surface area (Å²) in [7, 11) is 2.09. The first-order valence-corrected chi connectivity index (χ1v) is 6.11. The van der Waals surface area contributed by atoms with Gasteiger partial charge in [-0.2, -0.15) is 10.2 Å². The summed E-state index contributed by atoms with van der Waals surface area (Å²) in [5.74, 6) is 0. The molecule has 0 saturated heterocycles. The van der Waals surface area contributed by atoms with Crippen LogP contribution in [0.1, 0.15) is 27.7 Å². The molecule has 98 valence electrons. The first-order valence-electron chi connectivity index (χ1n) is 6.11. The second-order valence-electron chi connectivity index (χ2n) is 5.45. The fourth-order valence-electron chi connectivity index (χ4n) is 2.16. The summed E-state index contributed by atoms with van der Waals surface area (Å²) < 4.78 is 3.91. The van der Waals surface area contributed by atoms with Gasteiger partial charge >= 0.3 is 0 Å². The number of hydrogen-bond donors (Lipinski definition) is 0. The lowest BCUT2D eigenvalue weighted by Gasteiger charge is -2.46. The van der Waals surface area contributed by atoms with Crippen LogP contribution in [0.4, 0.5) is 0 Å². The van der Waals surface area contributed by atoms with E-state index in [2.05, 4.69) is 49.8 Å². The molecule has 0 radical (unpaired) electrons. The van der Waals surface area contributed by atoms with Crippen LogP contribution in [0.3, 0.4) is 0 Å². The summed E-state index contributed by atoms with van der Waals surface area (Å²) in [5.41, 5.74) is -0.474. The van der Waals surface area contributed by atoms with Gasteiger partial charge in [-0.3, -0.25) is 14.3 Å². The van der Waals surface area contributed by atoms with Crippen LogP contribution in [0.25, 0.3) is 0 Å². The minimum atomic E-state index is -0.237. The van der Waals surface area contributed by atoms with Gasteiger partial charge in [-0.1, -0.05) is 0 Å². The summed E-state index contributed by atoms with van der Waals surface area (Å²) in [4.78, 5) is 2.25. The Balaban J connectivity index is 2.34. The number of rotatable bonds is 4. The smallest absolute Gasteiger partial charge is 0.110 e. The van der Waals surface area contributed by atoms with Gasteiger partial charge < -0.3 is 0 Å². The molecule has 2 aromatic rings. The van der Waals surface area contributed by atoms with E-state index in [0.29, 0.717) is 0 Å². The molecular formula is C13H21N5. The zero-order chi connectivity index (χ0) is 13.4. The number of hydrogen-bond acceptors (Lipinski definition) is 3. The highest BCUT2D eigenvalue weighted by molar-refractivity contribution is 4.91. The molecule has 0 aromatic carbocycles. The Hall–Kier alpha value is -1.62. The maximum Gasteiger partial charge on any atom is 0.110 e. The average Bonchev–Trinajstić information content (AvgIpc) is 3.00. The molecule has 0 amide bonds. The fourth-order valence-corrected chi connectivity index (χ4v) is 2.16. The van der Waals surface area contributed by atoms with Crippen molar-refractivity contribution in [1.29, 1.82) is 0 Å². The van der Waals surface area contributed by atoms with Gasteiger partial charge in [0.1, 0.15) is 11.3 Å². The summed E-state index contributed by atoms with van der Waals surface area (Å²) in [5, 5.41) is 8.70. The van der Waals surface area contributed by atoms with Crippen molar-refractivity contribution in [3.8, 4) is 0 Å². The van der Waals surface area contributed by atoms with Crippen LogP contribution in [0, 0.1) is 0 Å². The topological polar surface area (TPSA) is 38.9 Å². The minimum Gasteiger partial charge on any atom is -0.259 e. The molecule has 0 spiro atoms. The van der Waals surface area contributed by atoms with Crippen LogP contribution in [-0.4, -0.2) is 31.5 Å². The predicted molar refractivity (Wildman–Crippen MR) is 70.9 cm³/mol. The Bertz CT molecular complexity index is 435. The first kappa shape index (κ1) is 12.8. The molecule has 2 rings (SSSR count). The summed E-state index contributed by atoms with van der Waals surface area (Å²) >= 11 is 0. The third-order valence-electron chi connectivity index (χ3n) is 3.77. The lowest BCUT2D eigenvalue weighted by atomic mass is 10.1. The molecule has 0 aliphatic carbocycles. The maximum atomic E-state index is 4.35. The molecule has 0 bridgehead atoms. The highest BCUT2D eigenvalue weighted by Crippen LogP contribution is 2.29. The van der Waals surface area contributed by atoms with E-state index in [1.165, 1.54) is 0 Å². The van der Waals surface area contributed by atoms with Crippen molar-refractivity contribution in [2.24, 2.45) is 0 Å². The van der Waals surface area contributed by atoms with E-state index in [9.17, 15) is 0 Å². The Labute approximate surface area is 108 Å². The molecule has 0 fully saturated rings. The van der Waals surface area contributed by atoms with E-state index < -0.39 is 0 Å². The predicted octanol–water partition coefficient (Wildman–Crippen LogP) is 2.10. The van der Waals surface area contributed by atoms with Gasteiger partial charge in [-0.05, 0) is 46.9 Å². The van der Waals surface area contributed by atoms with Crippen LogP contribution in [0.15, 0.2) is 36.9 Å². The molecule has 0 saturated carbocycles. The van der Waals surface area contributed by atoms with Gasteiger partial charge in [-0.25, -0.2) is 0 Å². The Kier molecular flexibility index (Phi) is 3.02. The van der Waals surface area contributed by atoms with E-state index in [1.807, 2.05) is 33.9 Å². The second-order valence-corrected chi connectivity index (χ2v) is 5.45. The van der Waals surface area contributed by atoms with E-state index in [-0.39, 0.29) is 11.3 Å². The van der Waals surface area contributed by atoms with Crippen LogP contribution >= 0.6 is 0 Å². The molecule has 0 N–H and O–H groups in total. The largest absolute Gasteiger partial charge is 0.259 e. The van der Waals surface area contributed by atoms with Gasteiger partial charge in [-0.15, -0.1) is 0 Å². The summed E-state index contributed by atoms with van der Waals surface area (Å²) in [6, 6.07) is 3.88. The molecule has 0 atom stereocenters. The van der Waals surface area contributed by atoms with Crippen LogP contribution in [0.5, 0.6) is 0 Å². The molecule has 5 heteroatoms. The minimum absolute atomic E-state index is 0.237. The maximum absolute atomic E-state index is 4.35. The third kappa shape index (κ3) is 1.95. The SMILES string of the molecule is CN(C(C)(C)n1cccn1)C(C)(C)n1cccn1. The molecule has 18 heavy (non-hydrogen) atoms. The molecule has 5 nitrogen and oxygen atoms in total. The Morgan fingerprint density at radius 3 is 1.50 bits per heavy atom. The van der Waals surface area contributed by atoms with Crippen LogP contribution in [-0.2, 0) is 11.3 Å². The van der Waals surface area contributed by atoms with Crippen molar-refractivity contribution in [3.63, 3.8) is 0 Å². The lowest BCUT2D eigenvalue weighted by Crippen LogP contribution is -2.55. The van der Waals surface area contributed by atoms with Crippen molar-refractivity contribution in [3.05, 3.63) is 36.9 Å². The highest BCUT2D eigenvalue weighted by Gasteiger charge is 2.37. The quantitative estimate of drug-likeness (QED) is 0.830. The monoisotopic (exact) mass is 247 g/mol. The number of nitrogens with zero attached hydrogens (tertiary/aromatic N) is 5. The van der Waals surface area contributed by atoms with Crippen molar-refractivity contribution in [1.82, 2.24) is 24.5 Å². The molecule has 2 aromatic heterocycles. The van der Waals surface area contributed by atoms with Crippen LogP contribution < -0.4 is 0 Å². The average molecular weight is 247 g/mol. The zero-order valence-electron chi connectivity index (χ0n) is 11.7. The zero-order valence-corrected chi connectivity index (χ0v) is 11.7. The van der Waals surface area contributed by atoms with Crippen molar-refractivity contribution < 1.29 is 0 Å². The molecule has 0 aliphatic heterocycles. The lowest BCUT2D eigenvalue weighted by molar-refractivity contribution is -0.0641. The van der Waals surface area contributed by atoms with Crippen LogP contribution in [0.2, 0.25) is 0 Å². The fraction of sp³-hybridized carbons (Fsp3) is 0.538. The number of aromatic nitrogens is 4. The van der Waals surface area contributed by atoms with Gasteiger partial charge in [0.15, 0.2) is 0 Å². The molecule has 2 heterocycles. The Morgan fingerprint density at radius 2 is 1.22 bits per heavy atom. The van der Waals surface area contributed by atoms with Gasteiger partial charge in [0.25, 0.3) is 0 Å². The first-order chi connectivity index (χ1) is 8.37. The van der Waals surface area contributed by atoms with E-state index in [1.54, 1.807) is 12.4 Å². The second kappa shape index (κ2) is 4.24. The van der Waals surface area contributed by atoms with Gasteiger partial charge in [0.2, 0.25) is 0 Å². The van der Waals surface area contributed by atoms with E-state index in [0.717, 1.165) is 0 Å². The van der Waals surface area contributed by atoms with Gasteiger partial charge in [0, 0.05) is 24.8 Å². The highest BCUT2D eigenvalue weighted by atomic mass is 15.5. The van der Waals surface area contributed by atoms with E-state index >= 15 is 0 Å². The van der Waals surface area contributed by atoms with Gasteiger partial charge in [0.05, 0.1) is 0 Å². The molecule has 0 unspecified atom stereocenters. The standard InChI is InChI=1S/C13H21N5/c1-12(2,17-10-6-8-14-17)16(5)13(3,4)18-11-7-9-15-18/h6-11H,1-5H3. The van der Waals surface area contributed by atoms with Crippen molar-refractivity contribution in [2.75, 3.05) is 7.05 Å². The Morgan fingerprint density at radius 1 is 0.833 bits per heavy atom. The van der Waals surface area contributed by atoms with E-state index in [4.69, 9.17) is 0 Å². The summed E-state index contributed by atoms with van der Waals surface area (Å²) in [6.45, 7) is 8.58. The summed E-state index contributed by atoms with van der Waals surface area (Å²) in [6.07, 6.45) is 7.57. The van der Waals surface area contributed by atoms with Crippen molar-refractivity contribution >= 4 is 0 Å². The molecule has 0 aliphatic rings. The third-order valence-corrected chi connectivity index (χ3v) is 3.77. The normalized spacial score (nSPS) is 13.2. The van der Waals surface area contributed by atoms with Crippen molar-refractivity contribution in [2.45, 2.75) is 39.0 Å².